The fourth-order valence-corrected chi connectivity index (χ4v) is 2.97. The SMILES string of the molecule is CCCS(=O)(=O)CCNc1ccc(C#N)cc1Cl. The lowest BCUT2D eigenvalue weighted by Gasteiger charge is -2.08. The highest BCUT2D eigenvalue weighted by Crippen LogP contribution is 2.22. The van der Waals surface area contributed by atoms with Crippen LogP contribution in [-0.4, -0.2) is 26.5 Å². The molecule has 0 amide bonds. The second-order valence-corrected chi connectivity index (χ2v) is 6.60. The van der Waals surface area contributed by atoms with Crippen LogP contribution in [0.2, 0.25) is 5.02 Å². The third-order valence-corrected chi connectivity index (χ3v) is 4.51. The van der Waals surface area contributed by atoms with Crippen LogP contribution in [0.25, 0.3) is 0 Å². The second-order valence-electron chi connectivity index (χ2n) is 3.89. The minimum Gasteiger partial charge on any atom is -0.383 e. The molecule has 0 spiro atoms. The number of rotatable bonds is 6. The van der Waals surface area contributed by atoms with E-state index in [1.165, 1.54) is 0 Å². The van der Waals surface area contributed by atoms with Crippen molar-refractivity contribution in [2.75, 3.05) is 23.4 Å². The Hall–Kier alpha value is -1.25. The van der Waals surface area contributed by atoms with Gasteiger partial charge in [-0.3, -0.25) is 0 Å². The van der Waals surface area contributed by atoms with Crippen LogP contribution in [0, 0.1) is 11.3 Å². The molecule has 0 aliphatic carbocycles. The van der Waals surface area contributed by atoms with E-state index in [1.54, 1.807) is 18.2 Å². The van der Waals surface area contributed by atoms with Crippen molar-refractivity contribution in [1.82, 2.24) is 0 Å². The number of halogens is 1. The minimum atomic E-state index is -2.99. The van der Waals surface area contributed by atoms with Crippen molar-refractivity contribution in [2.45, 2.75) is 13.3 Å². The van der Waals surface area contributed by atoms with Crippen molar-refractivity contribution in [2.24, 2.45) is 0 Å². The molecule has 0 aliphatic rings. The Morgan fingerprint density at radius 3 is 2.67 bits per heavy atom. The number of sulfone groups is 1. The Balaban J connectivity index is 2.58. The van der Waals surface area contributed by atoms with Gasteiger partial charge in [-0.15, -0.1) is 0 Å². The molecule has 6 heteroatoms. The Morgan fingerprint density at radius 2 is 2.11 bits per heavy atom. The number of benzene rings is 1. The first-order valence-electron chi connectivity index (χ1n) is 5.62. The van der Waals surface area contributed by atoms with Crippen LogP contribution < -0.4 is 5.32 Å². The molecule has 18 heavy (non-hydrogen) atoms. The lowest BCUT2D eigenvalue weighted by Crippen LogP contribution is -2.18. The van der Waals surface area contributed by atoms with E-state index in [-0.39, 0.29) is 11.5 Å². The number of nitrogens with zero attached hydrogens (tertiary/aromatic N) is 1. The molecule has 0 heterocycles. The Labute approximate surface area is 112 Å². The summed E-state index contributed by atoms with van der Waals surface area (Å²) in [4.78, 5) is 0. The maximum Gasteiger partial charge on any atom is 0.152 e. The van der Waals surface area contributed by atoms with Gasteiger partial charge >= 0.3 is 0 Å². The van der Waals surface area contributed by atoms with Gasteiger partial charge in [0.05, 0.1) is 28.1 Å². The summed E-state index contributed by atoms with van der Waals surface area (Å²) < 4.78 is 23.0. The third kappa shape index (κ3) is 4.55. The van der Waals surface area contributed by atoms with Crippen LogP contribution in [-0.2, 0) is 9.84 Å². The van der Waals surface area contributed by atoms with Gasteiger partial charge in [0.15, 0.2) is 9.84 Å². The molecule has 1 aromatic rings. The molecule has 0 saturated carbocycles. The molecule has 98 valence electrons. The van der Waals surface area contributed by atoms with Gasteiger partial charge in [-0.25, -0.2) is 8.42 Å². The molecule has 0 fully saturated rings. The molecule has 0 atom stereocenters. The van der Waals surface area contributed by atoms with E-state index in [9.17, 15) is 8.42 Å². The molecule has 1 rings (SSSR count). The fourth-order valence-electron chi connectivity index (χ4n) is 1.48. The first-order valence-corrected chi connectivity index (χ1v) is 7.82. The number of hydrogen-bond donors (Lipinski definition) is 1. The number of nitriles is 1. The van der Waals surface area contributed by atoms with Crippen molar-refractivity contribution in [3.05, 3.63) is 28.8 Å². The lowest BCUT2D eigenvalue weighted by molar-refractivity contribution is 0.595. The summed E-state index contributed by atoms with van der Waals surface area (Å²) in [5.41, 5.74) is 1.12. The molecule has 1 aromatic carbocycles. The van der Waals surface area contributed by atoms with Crippen LogP contribution in [0.5, 0.6) is 0 Å². The molecule has 0 bridgehead atoms. The van der Waals surface area contributed by atoms with Crippen LogP contribution in [0.3, 0.4) is 0 Å². The normalized spacial score (nSPS) is 10.9. The average Bonchev–Trinajstić information content (AvgIpc) is 2.31. The minimum absolute atomic E-state index is 0.0805. The van der Waals surface area contributed by atoms with E-state index in [0.717, 1.165) is 0 Å². The first-order chi connectivity index (χ1) is 8.48. The Morgan fingerprint density at radius 1 is 1.39 bits per heavy atom. The summed E-state index contributed by atoms with van der Waals surface area (Å²) >= 11 is 5.96. The zero-order chi connectivity index (χ0) is 13.6. The summed E-state index contributed by atoms with van der Waals surface area (Å²) in [5.74, 6) is 0.285. The van der Waals surface area contributed by atoms with Crippen molar-refractivity contribution >= 4 is 27.1 Å². The van der Waals surface area contributed by atoms with Crippen molar-refractivity contribution < 1.29 is 8.42 Å². The molecule has 0 saturated heterocycles. The topological polar surface area (TPSA) is 70.0 Å². The van der Waals surface area contributed by atoms with Gasteiger partial charge in [-0.1, -0.05) is 18.5 Å². The fraction of sp³-hybridized carbons (Fsp3) is 0.417. The maximum absolute atomic E-state index is 11.5. The number of anilines is 1. The summed E-state index contributed by atoms with van der Waals surface area (Å²) in [7, 11) is -2.99. The molecule has 0 radical (unpaired) electrons. The second kappa shape index (κ2) is 6.62. The molecule has 0 aromatic heterocycles. The van der Waals surface area contributed by atoms with Gasteiger partial charge < -0.3 is 5.32 Å². The van der Waals surface area contributed by atoms with Crippen molar-refractivity contribution in [3.63, 3.8) is 0 Å². The van der Waals surface area contributed by atoms with E-state index >= 15 is 0 Å². The summed E-state index contributed by atoms with van der Waals surface area (Å²) in [6.07, 6.45) is 0.625. The molecule has 0 unspecified atom stereocenters. The number of hydrogen-bond acceptors (Lipinski definition) is 4. The molecule has 4 nitrogen and oxygen atoms in total. The quantitative estimate of drug-likeness (QED) is 0.872. The van der Waals surface area contributed by atoms with Crippen molar-refractivity contribution in [3.8, 4) is 6.07 Å². The van der Waals surface area contributed by atoms with E-state index < -0.39 is 9.84 Å². The van der Waals surface area contributed by atoms with E-state index in [0.29, 0.717) is 29.2 Å². The van der Waals surface area contributed by atoms with Crippen LogP contribution in [0.1, 0.15) is 18.9 Å². The average molecular weight is 287 g/mol. The van der Waals surface area contributed by atoms with Crippen LogP contribution >= 0.6 is 11.6 Å². The predicted octanol–water partition coefficient (Wildman–Crippen LogP) is 2.45. The van der Waals surface area contributed by atoms with Gasteiger partial charge in [0.2, 0.25) is 0 Å². The van der Waals surface area contributed by atoms with Crippen LogP contribution in [0.4, 0.5) is 5.69 Å². The lowest BCUT2D eigenvalue weighted by atomic mass is 10.2. The molecule has 0 aliphatic heterocycles. The summed E-state index contributed by atoms with van der Waals surface area (Å²) in [6.45, 7) is 2.15. The van der Waals surface area contributed by atoms with Gasteiger partial charge in [0.1, 0.15) is 0 Å². The third-order valence-electron chi connectivity index (χ3n) is 2.34. The molecular weight excluding hydrogens is 272 g/mol. The highest BCUT2D eigenvalue weighted by atomic mass is 35.5. The van der Waals surface area contributed by atoms with Crippen molar-refractivity contribution in [1.29, 1.82) is 5.26 Å². The predicted molar refractivity (Wildman–Crippen MR) is 73.6 cm³/mol. The summed E-state index contributed by atoms with van der Waals surface area (Å²) in [5, 5.41) is 12.1. The van der Waals surface area contributed by atoms with Gasteiger partial charge in [-0.2, -0.15) is 5.26 Å². The molecule has 1 N–H and O–H groups in total. The zero-order valence-electron chi connectivity index (χ0n) is 10.1. The van der Waals surface area contributed by atoms with E-state index in [4.69, 9.17) is 16.9 Å². The monoisotopic (exact) mass is 286 g/mol. The summed E-state index contributed by atoms with van der Waals surface area (Å²) in [6, 6.07) is 6.84. The Bertz CT molecular complexity index is 550. The van der Waals surface area contributed by atoms with Crippen LogP contribution in [0.15, 0.2) is 18.2 Å². The number of nitrogens with one attached hydrogen (secondary N) is 1. The Kier molecular flexibility index (Phi) is 5.45. The standard InChI is InChI=1S/C12H15ClN2O2S/c1-2-6-18(16,17)7-5-15-12-4-3-10(9-14)8-11(12)13/h3-4,8,15H,2,5-7H2,1H3. The van der Waals surface area contributed by atoms with Gasteiger partial charge in [0, 0.05) is 12.3 Å². The van der Waals surface area contributed by atoms with E-state index in [2.05, 4.69) is 5.32 Å². The smallest absolute Gasteiger partial charge is 0.152 e. The molecular formula is C12H15ClN2O2S. The van der Waals surface area contributed by atoms with Gasteiger partial charge in [0.25, 0.3) is 0 Å². The maximum atomic E-state index is 11.5. The first kappa shape index (κ1) is 14.8. The van der Waals surface area contributed by atoms with Gasteiger partial charge in [-0.05, 0) is 24.6 Å². The highest BCUT2D eigenvalue weighted by molar-refractivity contribution is 7.91. The highest BCUT2D eigenvalue weighted by Gasteiger charge is 2.09. The zero-order valence-corrected chi connectivity index (χ0v) is 11.7. The largest absolute Gasteiger partial charge is 0.383 e. The van der Waals surface area contributed by atoms with E-state index in [1.807, 2.05) is 13.0 Å².